The number of rotatable bonds is 14. The number of hydrogen-bond donors (Lipinski definition) is 7. The molecule has 9 N–H and O–H groups in total. The lowest BCUT2D eigenvalue weighted by Gasteiger charge is -2.28. The van der Waals surface area contributed by atoms with E-state index in [1.165, 1.54) is 12.5 Å². The van der Waals surface area contributed by atoms with Crippen molar-refractivity contribution in [3.63, 3.8) is 0 Å². The molecule has 0 saturated heterocycles. The summed E-state index contributed by atoms with van der Waals surface area (Å²) in [4.78, 5) is 67.9. The number of H-pyrrole nitrogens is 1. The van der Waals surface area contributed by atoms with E-state index in [1.54, 1.807) is 27.7 Å². The zero-order valence-corrected chi connectivity index (χ0v) is 19.8. The third-order valence-corrected chi connectivity index (χ3v) is 5.45. The average molecular weight is 482 g/mol. The highest BCUT2D eigenvalue weighted by Gasteiger charge is 2.33. The average Bonchev–Trinajstić information content (AvgIpc) is 3.27. The van der Waals surface area contributed by atoms with Crippen LogP contribution < -0.4 is 27.4 Å². The topological polar surface area (TPSA) is 222 Å². The molecule has 0 aromatic carbocycles. The van der Waals surface area contributed by atoms with Crippen molar-refractivity contribution in [1.29, 1.82) is 0 Å². The molecule has 0 radical (unpaired) electrons. The van der Waals surface area contributed by atoms with Crippen LogP contribution in [0.5, 0.6) is 0 Å². The van der Waals surface area contributed by atoms with Crippen molar-refractivity contribution in [1.82, 2.24) is 25.9 Å². The number of carboxylic acids is 1. The van der Waals surface area contributed by atoms with Crippen LogP contribution in [0.2, 0.25) is 0 Å². The number of carboxylic acid groups (broad SMARTS) is 1. The van der Waals surface area contributed by atoms with E-state index in [0.29, 0.717) is 12.1 Å². The van der Waals surface area contributed by atoms with Gasteiger partial charge in [-0.25, -0.2) is 9.78 Å². The van der Waals surface area contributed by atoms with E-state index in [1.807, 2.05) is 0 Å². The minimum absolute atomic E-state index is 0.0522. The number of nitrogens with two attached hydrogens (primary N) is 2. The van der Waals surface area contributed by atoms with Gasteiger partial charge in [-0.15, -0.1) is 0 Å². The third kappa shape index (κ3) is 8.81. The second-order valence-electron chi connectivity index (χ2n) is 8.55. The molecule has 0 aliphatic carbocycles. The van der Waals surface area contributed by atoms with Gasteiger partial charge in [-0.2, -0.15) is 0 Å². The molecule has 13 nitrogen and oxygen atoms in total. The first kappa shape index (κ1) is 28.6. The first-order chi connectivity index (χ1) is 15.9. The highest BCUT2D eigenvalue weighted by molar-refractivity contribution is 5.95. The maximum atomic E-state index is 13.2. The summed E-state index contributed by atoms with van der Waals surface area (Å²) in [5, 5.41) is 16.7. The number of hydrogen-bond acceptors (Lipinski definition) is 7. The van der Waals surface area contributed by atoms with Gasteiger partial charge in [0.1, 0.15) is 18.1 Å². The highest BCUT2D eigenvalue weighted by Crippen LogP contribution is 2.11. The molecule has 5 atom stereocenters. The second-order valence-corrected chi connectivity index (χ2v) is 8.55. The molecule has 0 spiro atoms. The van der Waals surface area contributed by atoms with Crippen molar-refractivity contribution >= 4 is 29.6 Å². The zero-order valence-electron chi connectivity index (χ0n) is 19.8. The number of nitrogens with zero attached hydrogens (tertiary/aromatic N) is 1. The summed E-state index contributed by atoms with van der Waals surface area (Å²) in [5.74, 6) is -4.90. The first-order valence-electron chi connectivity index (χ1n) is 11.0. The van der Waals surface area contributed by atoms with Crippen molar-refractivity contribution < 1.29 is 29.1 Å². The monoisotopic (exact) mass is 481 g/mol. The fourth-order valence-electron chi connectivity index (χ4n) is 3.01. The summed E-state index contributed by atoms with van der Waals surface area (Å²) >= 11 is 0. The summed E-state index contributed by atoms with van der Waals surface area (Å²) < 4.78 is 0. The Hall–Kier alpha value is -3.48. The quantitative estimate of drug-likeness (QED) is 0.163. The molecule has 0 saturated carbocycles. The van der Waals surface area contributed by atoms with Gasteiger partial charge in [-0.05, 0) is 11.8 Å². The molecule has 4 amide bonds. The van der Waals surface area contributed by atoms with Gasteiger partial charge in [0.25, 0.3) is 0 Å². The van der Waals surface area contributed by atoms with Crippen LogP contribution in [-0.4, -0.2) is 68.8 Å². The normalized spacial score (nSPS) is 15.5. The molecular weight excluding hydrogens is 446 g/mol. The van der Waals surface area contributed by atoms with Crippen LogP contribution in [0, 0.1) is 11.8 Å². The molecule has 13 heteroatoms. The molecular formula is C21H35N7O6. The van der Waals surface area contributed by atoms with Crippen LogP contribution in [0.3, 0.4) is 0 Å². The Kier molecular flexibility index (Phi) is 11.2. The van der Waals surface area contributed by atoms with Gasteiger partial charge in [-0.1, -0.05) is 34.1 Å². The van der Waals surface area contributed by atoms with E-state index in [0.717, 1.165) is 0 Å². The Morgan fingerprint density at radius 3 is 2.12 bits per heavy atom. The van der Waals surface area contributed by atoms with Gasteiger partial charge in [0.05, 0.1) is 18.8 Å². The van der Waals surface area contributed by atoms with Gasteiger partial charge in [0, 0.05) is 18.3 Å². The lowest BCUT2D eigenvalue weighted by Crippen LogP contribution is -2.59. The van der Waals surface area contributed by atoms with Gasteiger partial charge in [0.2, 0.25) is 23.6 Å². The minimum Gasteiger partial charge on any atom is -0.480 e. The second kappa shape index (κ2) is 13.3. The molecule has 0 aliphatic rings. The van der Waals surface area contributed by atoms with Crippen molar-refractivity contribution in [3.8, 4) is 0 Å². The summed E-state index contributed by atoms with van der Waals surface area (Å²) in [7, 11) is 0. The smallest absolute Gasteiger partial charge is 0.326 e. The standard InChI is InChI=1S/C21H35N7O6/c1-5-11(4)17(20(32)27-14(21(33)34)7-15(22)29)28-18(30)13(6-12-8-24-9-25-12)26-19(31)16(23)10(2)3/h8-11,13-14,16-17H,5-7,23H2,1-4H3,(H2,22,29)(H,24,25)(H,26,31)(H,27,32)(H,28,30)(H,33,34). The number of amides is 4. The van der Waals surface area contributed by atoms with E-state index in [4.69, 9.17) is 11.5 Å². The Labute approximate surface area is 197 Å². The number of nitrogens with one attached hydrogen (secondary N) is 4. The molecule has 0 bridgehead atoms. The van der Waals surface area contributed by atoms with Crippen LogP contribution in [-0.2, 0) is 30.4 Å². The number of carbonyl (C=O) groups excluding carboxylic acids is 4. The lowest BCUT2D eigenvalue weighted by atomic mass is 9.96. The van der Waals surface area contributed by atoms with E-state index in [9.17, 15) is 29.1 Å². The molecule has 1 aromatic rings. The molecule has 1 heterocycles. The number of primary amides is 1. The highest BCUT2D eigenvalue weighted by atomic mass is 16.4. The minimum atomic E-state index is -1.54. The Bertz CT molecular complexity index is 858. The van der Waals surface area contributed by atoms with Crippen LogP contribution in [0.25, 0.3) is 0 Å². The zero-order chi connectivity index (χ0) is 26.0. The van der Waals surface area contributed by atoms with Crippen LogP contribution in [0.4, 0.5) is 0 Å². The van der Waals surface area contributed by atoms with Gasteiger partial charge >= 0.3 is 5.97 Å². The number of aromatic amines is 1. The SMILES string of the molecule is CCC(C)C(NC(=O)C(Cc1cnc[nH]1)NC(=O)C(N)C(C)C)C(=O)NC(CC(N)=O)C(=O)O. The van der Waals surface area contributed by atoms with Gasteiger partial charge in [0.15, 0.2) is 0 Å². The molecule has 1 aromatic heterocycles. The maximum absolute atomic E-state index is 13.2. The van der Waals surface area contributed by atoms with E-state index in [-0.39, 0.29) is 12.3 Å². The maximum Gasteiger partial charge on any atom is 0.326 e. The number of aromatic nitrogens is 2. The fraction of sp³-hybridized carbons (Fsp3) is 0.619. The van der Waals surface area contributed by atoms with E-state index < -0.39 is 66.1 Å². The largest absolute Gasteiger partial charge is 0.480 e. The Morgan fingerprint density at radius 1 is 1.03 bits per heavy atom. The van der Waals surface area contributed by atoms with Crippen LogP contribution in [0.1, 0.15) is 46.2 Å². The van der Waals surface area contributed by atoms with Crippen molar-refractivity contribution in [2.75, 3.05) is 0 Å². The first-order valence-corrected chi connectivity index (χ1v) is 11.0. The fourth-order valence-corrected chi connectivity index (χ4v) is 3.01. The predicted octanol–water partition coefficient (Wildman–Crippen LogP) is -1.60. The molecule has 0 aliphatic heterocycles. The summed E-state index contributed by atoms with van der Waals surface area (Å²) in [5.41, 5.74) is 11.5. The lowest BCUT2D eigenvalue weighted by molar-refractivity contribution is -0.144. The molecule has 1 rings (SSSR count). The van der Waals surface area contributed by atoms with Crippen molar-refractivity contribution in [2.24, 2.45) is 23.3 Å². The van der Waals surface area contributed by atoms with Crippen molar-refractivity contribution in [3.05, 3.63) is 18.2 Å². The molecule has 34 heavy (non-hydrogen) atoms. The number of carbonyl (C=O) groups is 5. The number of imidazole rings is 1. The van der Waals surface area contributed by atoms with Gasteiger partial charge < -0.3 is 37.5 Å². The Balaban J connectivity index is 3.09. The van der Waals surface area contributed by atoms with Crippen LogP contribution >= 0.6 is 0 Å². The van der Waals surface area contributed by atoms with Crippen molar-refractivity contribution in [2.45, 2.75) is 71.1 Å². The molecule has 5 unspecified atom stereocenters. The third-order valence-electron chi connectivity index (χ3n) is 5.45. The predicted molar refractivity (Wildman–Crippen MR) is 122 cm³/mol. The van der Waals surface area contributed by atoms with E-state index >= 15 is 0 Å². The molecule has 0 fully saturated rings. The van der Waals surface area contributed by atoms with Crippen LogP contribution in [0.15, 0.2) is 12.5 Å². The van der Waals surface area contributed by atoms with Gasteiger partial charge in [-0.3, -0.25) is 19.2 Å². The Morgan fingerprint density at radius 2 is 1.65 bits per heavy atom. The van der Waals surface area contributed by atoms with E-state index in [2.05, 4.69) is 25.9 Å². The summed E-state index contributed by atoms with van der Waals surface area (Å²) in [6.45, 7) is 7.02. The molecule has 190 valence electrons. The number of aliphatic carboxylic acids is 1. The summed E-state index contributed by atoms with van der Waals surface area (Å²) in [6, 6.07) is -4.61. The summed E-state index contributed by atoms with van der Waals surface area (Å²) in [6.07, 6.45) is 2.84.